The van der Waals surface area contributed by atoms with Crippen LogP contribution in [0.4, 0.5) is 17.3 Å². The van der Waals surface area contributed by atoms with Crippen LogP contribution < -0.4 is 16.4 Å². The highest BCUT2D eigenvalue weighted by molar-refractivity contribution is 5.71. The van der Waals surface area contributed by atoms with Gasteiger partial charge in [0.25, 0.3) is 0 Å². The molecular formula is C21H31N5. The maximum Gasteiger partial charge on any atom is 0.140 e. The molecule has 2 atom stereocenters. The third-order valence-corrected chi connectivity index (χ3v) is 4.53. The highest BCUT2D eigenvalue weighted by Gasteiger charge is 2.13. The third kappa shape index (κ3) is 4.82. The van der Waals surface area contributed by atoms with Crippen LogP contribution >= 0.6 is 0 Å². The SMILES string of the molecule is C=Cc1cc(C)c(NC(C)[C@H](C)N)nc1Nc1cc(CC)nc(CC)c1. The van der Waals surface area contributed by atoms with E-state index in [9.17, 15) is 0 Å². The van der Waals surface area contributed by atoms with Gasteiger partial charge in [0.15, 0.2) is 0 Å². The van der Waals surface area contributed by atoms with Crippen LogP contribution in [0.2, 0.25) is 0 Å². The smallest absolute Gasteiger partial charge is 0.140 e. The van der Waals surface area contributed by atoms with Crippen molar-refractivity contribution in [3.05, 3.63) is 47.3 Å². The summed E-state index contributed by atoms with van der Waals surface area (Å²) in [6.07, 6.45) is 3.62. The van der Waals surface area contributed by atoms with E-state index in [0.717, 1.165) is 52.7 Å². The van der Waals surface area contributed by atoms with E-state index in [1.165, 1.54) is 0 Å². The second-order valence-electron chi connectivity index (χ2n) is 6.76. The molecule has 0 radical (unpaired) electrons. The molecule has 0 bridgehead atoms. The van der Waals surface area contributed by atoms with Crippen molar-refractivity contribution < 1.29 is 0 Å². The molecule has 140 valence electrons. The predicted octanol–water partition coefficient (Wildman–Crippen LogP) is 4.44. The van der Waals surface area contributed by atoms with Crippen LogP contribution in [0.1, 0.15) is 50.2 Å². The Morgan fingerprint density at radius 2 is 1.69 bits per heavy atom. The molecule has 0 saturated carbocycles. The van der Waals surface area contributed by atoms with Crippen molar-refractivity contribution in [3.63, 3.8) is 0 Å². The van der Waals surface area contributed by atoms with Gasteiger partial charge in [0, 0.05) is 34.7 Å². The minimum Gasteiger partial charge on any atom is -0.366 e. The zero-order chi connectivity index (χ0) is 19.3. The van der Waals surface area contributed by atoms with Gasteiger partial charge in [0.05, 0.1) is 0 Å². The van der Waals surface area contributed by atoms with Crippen LogP contribution in [-0.4, -0.2) is 22.1 Å². The van der Waals surface area contributed by atoms with Gasteiger partial charge in [0.1, 0.15) is 11.6 Å². The van der Waals surface area contributed by atoms with Crippen LogP contribution in [0.15, 0.2) is 24.8 Å². The maximum absolute atomic E-state index is 5.99. The van der Waals surface area contributed by atoms with Gasteiger partial charge in [-0.15, -0.1) is 0 Å². The second-order valence-corrected chi connectivity index (χ2v) is 6.76. The van der Waals surface area contributed by atoms with Gasteiger partial charge < -0.3 is 16.4 Å². The highest BCUT2D eigenvalue weighted by atomic mass is 15.1. The van der Waals surface area contributed by atoms with Gasteiger partial charge in [-0.1, -0.05) is 26.5 Å². The molecule has 0 amide bonds. The number of nitrogens with two attached hydrogens (primary N) is 1. The lowest BCUT2D eigenvalue weighted by Gasteiger charge is -2.21. The molecule has 0 saturated heterocycles. The summed E-state index contributed by atoms with van der Waals surface area (Å²) in [7, 11) is 0. The molecule has 1 unspecified atom stereocenters. The Morgan fingerprint density at radius 1 is 1.08 bits per heavy atom. The van der Waals surface area contributed by atoms with E-state index in [0.29, 0.717) is 0 Å². The first-order chi connectivity index (χ1) is 12.4. The molecule has 2 aromatic heterocycles. The molecule has 2 heterocycles. The van der Waals surface area contributed by atoms with Gasteiger partial charge >= 0.3 is 0 Å². The lowest BCUT2D eigenvalue weighted by atomic mass is 10.1. The molecule has 2 aromatic rings. The number of aromatic nitrogens is 2. The fourth-order valence-corrected chi connectivity index (χ4v) is 2.60. The van der Waals surface area contributed by atoms with Gasteiger partial charge in [0.2, 0.25) is 0 Å². The first-order valence-corrected chi connectivity index (χ1v) is 9.30. The zero-order valence-corrected chi connectivity index (χ0v) is 16.6. The lowest BCUT2D eigenvalue weighted by Crippen LogP contribution is -2.35. The first-order valence-electron chi connectivity index (χ1n) is 9.30. The molecule has 26 heavy (non-hydrogen) atoms. The van der Waals surface area contributed by atoms with Crippen LogP contribution in [0.3, 0.4) is 0 Å². The van der Waals surface area contributed by atoms with E-state index in [2.05, 4.69) is 61.2 Å². The van der Waals surface area contributed by atoms with Crippen LogP contribution in [0, 0.1) is 6.92 Å². The standard InChI is InChI=1S/C21H31N5/c1-7-16-10-13(4)20(23-15(6)14(5)22)26-21(16)25-19-11-17(8-2)24-18(9-3)12-19/h7,10-12,14-15H,1,8-9,22H2,2-6H3,(H2,23,24,25,26)/t14-,15?/m0/s1. The number of nitrogens with zero attached hydrogens (tertiary/aromatic N) is 2. The molecule has 5 nitrogen and oxygen atoms in total. The van der Waals surface area contributed by atoms with Gasteiger partial charge in [-0.25, -0.2) is 4.98 Å². The molecule has 0 aromatic carbocycles. The molecule has 2 rings (SSSR count). The minimum atomic E-state index is 0.0334. The van der Waals surface area contributed by atoms with Crippen LogP contribution in [0.25, 0.3) is 6.08 Å². The number of rotatable bonds is 8. The monoisotopic (exact) mass is 353 g/mol. The summed E-state index contributed by atoms with van der Waals surface area (Å²) >= 11 is 0. The van der Waals surface area contributed by atoms with E-state index >= 15 is 0 Å². The van der Waals surface area contributed by atoms with Gasteiger partial charge in [-0.3, -0.25) is 4.98 Å². The fraction of sp³-hybridized carbons (Fsp3) is 0.429. The van der Waals surface area contributed by atoms with Crippen molar-refractivity contribution in [2.24, 2.45) is 5.73 Å². The summed E-state index contributed by atoms with van der Waals surface area (Å²) in [6.45, 7) is 14.2. The zero-order valence-electron chi connectivity index (χ0n) is 16.6. The topological polar surface area (TPSA) is 75.9 Å². The van der Waals surface area contributed by atoms with Crippen molar-refractivity contribution in [3.8, 4) is 0 Å². The quantitative estimate of drug-likeness (QED) is 0.654. The second kappa shape index (κ2) is 8.81. The first kappa shape index (κ1) is 19.9. The normalized spacial score (nSPS) is 13.2. The molecule has 0 aliphatic rings. The Bertz CT molecular complexity index is 745. The Balaban J connectivity index is 2.40. The summed E-state index contributed by atoms with van der Waals surface area (Å²) in [5.74, 6) is 1.61. The van der Waals surface area contributed by atoms with E-state index in [1.54, 1.807) is 0 Å². The number of anilines is 3. The van der Waals surface area contributed by atoms with E-state index < -0.39 is 0 Å². The molecule has 4 N–H and O–H groups in total. The summed E-state index contributed by atoms with van der Waals surface area (Å²) in [6, 6.07) is 6.40. The number of hydrogen-bond acceptors (Lipinski definition) is 5. The molecule has 5 heteroatoms. The molecular weight excluding hydrogens is 322 g/mol. The van der Waals surface area contributed by atoms with E-state index in [1.807, 2.05) is 19.9 Å². The minimum absolute atomic E-state index is 0.0334. The average molecular weight is 354 g/mol. The summed E-state index contributed by atoms with van der Waals surface area (Å²) in [4.78, 5) is 9.44. The van der Waals surface area contributed by atoms with Crippen LogP contribution in [-0.2, 0) is 12.8 Å². The largest absolute Gasteiger partial charge is 0.366 e. The van der Waals surface area contributed by atoms with Crippen LogP contribution in [0.5, 0.6) is 0 Å². The lowest BCUT2D eigenvalue weighted by molar-refractivity contribution is 0.636. The summed E-state index contributed by atoms with van der Waals surface area (Å²) in [5.41, 5.74) is 11.2. The number of nitrogens with one attached hydrogen (secondary N) is 2. The number of aryl methyl sites for hydroxylation is 3. The van der Waals surface area contributed by atoms with E-state index in [4.69, 9.17) is 10.7 Å². The Hall–Kier alpha value is -2.40. The number of pyridine rings is 2. The maximum atomic E-state index is 5.99. The predicted molar refractivity (Wildman–Crippen MR) is 112 cm³/mol. The van der Waals surface area contributed by atoms with Gasteiger partial charge in [-0.2, -0.15) is 0 Å². The van der Waals surface area contributed by atoms with E-state index in [-0.39, 0.29) is 12.1 Å². The highest BCUT2D eigenvalue weighted by Crippen LogP contribution is 2.26. The molecule has 0 spiro atoms. The van der Waals surface area contributed by atoms with Crippen molar-refractivity contribution in [1.82, 2.24) is 9.97 Å². The number of hydrogen-bond donors (Lipinski definition) is 3. The van der Waals surface area contributed by atoms with Crippen molar-refractivity contribution in [2.75, 3.05) is 10.6 Å². The molecule has 0 fully saturated rings. The Labute approximate surface area is 157 Å². The Morgan fingerprint density at radius 3 is 2.19 bits per heavy atom. The Kier molecular flexibility index (Phi) is 6.75. The van der Waals surface area contributed by atoms with Gasteiger partial charge in [-0.05, 0) is 57.4 Å². The average Bonchev–Trinajstić information content (AvgIpc) is 2.63. The fourth-order valence-electron chi connectivity index (χ4n) is 2.60. The molecule has 0 aliphatic carbocycles. The van der Waals surface area contributed by atoms with Crippen molar-refractivity contribution in [2.45, 2.75) is 59.5 Å². The third-order valence-electron chi connectivity index (χ3n) is 4.53. The molecule has 0 aliphatic heterocycles. The summed E-state index contributed by atoms with van der Waals surface area (Å²) in [5, 5.41) is 6.86. The van der Waals surface area contributed by atoms with Crippen molar-refractivity contribution >= 4 is 23.4 Å². The van der Waals surface area contributed by atoms with Crippen molar-refractivity contribution in [1.29, 1.82) is 0 Å². The summed E-state index contributed by atoms with van der Waals surface area (Å²) < 4.78 is 0.